The number of thiophene rings is 4. The van der Waals surface area contributed by atoms with Crippen molar-refractivity contribution >= 4 is 122 Å². The molecule has 66 heavy (non-hydrogen) atoms. The third-order valence-electron chi connectivity index (χ3n) is 11.6. The summed E-state index contributed by atoms with van der Waals surface area (Å²) in [5.41, 5.74) is 5.69. The van der Waals surface area contributed by atoms with E-state index < -0.39 is 0 Å². The Bertz CT molecular complexity index is 2830. The Kier molecular flexibility index (Phi) is 14.5. The molecule has 0 amide bonds. The van der Waals surface area contributed by atoms with E-state index in [0.29, 0.717) is 10.3 Å². The van der Waals surface area contributed by atoms with Gasteiger partial charge >= 0.3 is 0 Å². The molecule has 0 radical (unpaired) electrons. The first-order valence-corrected chi connectivity index (χ1v) is 28.2. The molecular weight excluding hydrogens is 933 g/mol. The van der Waals surface area contributed by atoms with Crippen molar-refractivity contribution in [2.24, 2.45) is 9.98 Å². The SMILES string of the molecule is CCCCCCCCOc1ccc2nc(/N=C3\NC(c4ccc(-c5cccs5)s4)=C4C3=C(c3ccc(-c5cccs5)s3)N/C4=N\c3nc4ccc(OCCCCCCCC)cc4s3)sc2c1. The molecule has 6 aromatic heterocycles. The van der Waals surface area contributed by atoms with E-state index in [1.54, 1.807) is 68.0 Å². The van der Waals surface area contributed by atoms with Crippen molar-refractivity contribution in [2.75, 3.05) is 13.2 Å². The summed E-state index contributed by atoms with van der Waals surface area (Å²) >= 11 is 10.2. The van der Waals surface area contributed by atoms with Crippen LogP contribution in [-0.2, 0) is 0 Å². The van der Waals surface area contributed by atoms with Gasteiger partial charge in [0.1, 0.15) is 23.2 Å². The number of amidine groups is 2. The number of rotatable bonds is 22. The highest BCUT2D eigenvalue weighted by Crippen LogP contribution is 2.46. The van der Waals surface area contributed by atoms with Gasteiger partial charge in [-0.25, -0.2) is 20.0 Å². The first kappa shape index (κ1) is 44.9. The smallest absolute Gasteiger partial charge is 0.212 e. The zero-order valence-corrected chi connectivity index (χ0v) is 42.1. The molecule has 0 saturated heterocycles. The number of hydrogen-bond acceptors (Lipinski definition) is 12. The Morgan fingerprint density at radius 2 is 0.909 bits per heavy atom. The Morgan fingerprint density at radius 3 is 1.35 bits per heavy atom. The van der Waals surface area contributed by atoms with Gasteiger partial charge in [0.15, 0.2) is 0 Å². The summed E-state index contributed by atoms with van der Waals surface area (Å²) in [7, 11) is 0. The van der Waals surface area contributed by atoms with E-state index in [0.717, 1.165) is 102 Å². The van der Waals surface area contributed by atoms with Crippen LogP contribution in [0.3, 0.4) is 0 Å². The lowest BCUT2D eigenvalue weighted by atomic mass is 10.1. The van der Waals surface area contributed by atoms with Crippen LogP contribution in [0.5, 0.6) is 11.5 Å². The fourth-order valence-electron chi connectivity index (χ4n) is 8.19. The number of nitrogens with zero attached hydrogens (tertiary/aromatic N) is 4. The first-order chi connectivity index (χ1) is 32.6. The Hall–Kier alpha value is -4.96. The zero-order chi connectivity index (χ0) is 44.7. The van der Waals surface area contributed by atoms with Gasteiger partial charge in [-0.05, 0) is 96.4 Å². The van der Waals surface area contributed by atoms with Crippen LogP contribution >= 0.6 is 68.0 Å². The minimum Gasteiger partial charge on any atom is -0.494 e. The van der Waals surface area contributed by atoms with Crippen LogP contribution in [0.1, 0.15) is 101 Å². The van der Waals surface area contributed by atoms with Gasteiger partial charge in [-0.15, -0.1) is 45.3 Å². The van der Waals surface area contributed by atoms with E-state index in [9.17, 15) is 0 Å². The van der Waals surface area contributed by atoms with E-state index in [1.807, 2.05) is 24.3 Å². The van der Waals surface area contributed by atoms with Gasteiger partial charge in [0.25, 0.3) is 0 Å². The summed E-state index contributed by atoms with van der Waals surface area (Å²) in [5.74, 6) is 3.22. The molecule has 2 N–H and O–H groups in total. The van der Waals surface area contributed by atoms with Gasteiger partial charge in [-0.2, -0.15) is 0 Å². The predicted molar refractivity (Wildman–Crippen MR) is 287 cm³/mol. The zero-order valence-electron chi connectivity index (χ0n) is 37.2. The van der Waals surface area contributed by atoms with Crippen molar-refractivity contribution in [3.63, 3.8) is 0 Å². The van der Waals surface area contributed by atoms with Crippen molar-refractivity contribution in [3.8, 4) is 31.0 Å². The fourth-order valence-corrected chi connectivity index (χ4v) is 13.6. The number of aromatic nitrogens is 2. The quantitative estimate of drug-likeness (QED) is 0.0657. The first-order valence-electron chi connectivity index (χ1n) is 23.2. The Labute approximate surface area is 410 Å². The third-order valence-corrected chi connectivity index (χ3v) is 17.7. The van der Waals surface area contributed by atoms with Crippen LogP contribution in [0, 0.1) is 0 Å². The lowest BCUT2D eigenvalue weighted by molar-refractivity contribution is 0.304. The number of aliphatic imine (C=N–C) groups is 2. The molecule has 0 unspecified atom stereocenters. The lowest BCUT2D eigenvalue weighted by Gasteiger charge is -2.08. The lowest BCUT2D eigenvalue weighted by Crippen LogP contribution is -2.21. The van der Waals surface area contributed by atoms with Crippen LogP contribution in [0.25, 0.3) is 51.3 Å². The highest BCUT2D eigenvalue weighted by Gasteiger charge is 2.40. The van der Waals surface area contributed by atoms with Gasteiger partial charge in [0.2, 0.25) is 10.3 Å². The van der Waals surface area contributed by atoms with E-state index >= 15 is 0 Å². The average molecular weight is 985 g/mol. The molecule has 0 bridgehead atoms. The predicted octanol–water partition coefficient (Wildman–Crippen LogP) is 16.8. The third kappa shape index (κ3) is 10.3. The summed E-state index contributed by atoms with van der Waals surface area (Å²) in [6, 6.07) is 29.8. The molecule has 8 heterocycles. The largest absolute Gasteiger partial charge is 0.494 e. The molecule has 0 saturated carbocycles. The fraction of sp³-hybridized carbons (Fsp3) is 0.308. The van der Waals surface area contributed by atoms with Gasteiger partial charge < -0.3 is 20.1 Å². The summed E-state index contributed by atoms with van der Waals surface area (Å²) in [6.45, 7) is 5.96. The van der Waals surface area contributed by atoms with Crippen LogP contribution in [0.4, 0.5) is 10.3 Å². The van der Waals surface area contributed by atoms with Gasteiger partial charge in [-0.1, -0.05) is 113 Å². The number of fused-ring (bicyclic) bond motifs is 3. The van der Waals surface area contributed by atoms with Crippen molar-refractivity contribution in [1.29, 1.82) is 0 Å². The molecule has 10 rings (SSSR count). The summed E-state index contributed by atoms with van der Waals surface area (Å²) in [6.07, 6.45) is 14.8. The molecule has 0 spiro atoms. The molecule has 0 atom stereocenters. The van der Waals surface area contributed by atoms with Crippen LogP contribution < -0.4 is 20.1 Å². The second-order valence-electron chi connectivity index (χ2n) is 16.4. The van der Waals surface area contributed by atoms with E-state index in [1.165, 1.54) is 83.7 Å². The number of hydrogen-bond donors (Lipinski definition) is 2. The van der Waals surface area contributed by atoms with E-state index in [-0.39, 0.29) is 0 Å². The average Bonchev–Trinajstić information content (AvgIpc) is 4.18. The number of nitrogens with one attached hydrogen (secondary N) is 2. The number of unbranched alkanes of at least 4 members (excludes halogenated alkanes) is 10. The van der Waals surface area contributed by atoms with Gasteiger partial charge in [0, 0.05) is 19.5 Å². The summed E-state index contributed by atoms with van der Waals surface area (Å²) < 4.78 is 14.5. The molecular formula is C52H52N6O2S6. The molecule has 0 fully saturated rings. The van der Waals surface area contributed by atoms with Crippen LogP contribution in [0.2, 0.25) is 0 Å². The van der Waals surface area contributed by atoms with Crippen molar-refractivity contribution < 1.29 is 9.47 Å². The molecule has 8 aromatic rings. The molecule has 8 nitrogen and oxygen atoms in total. The van der Waals surface area contributed by atoms with E-state index in [4.69, 9.17) is 29.4 Å². The minimum absolute atomic E-state index is 0.676. The van der Waals surface area contributed by atoms with Crippen LogP contribution in [-0.4, -0.2) is 34.9 Å². The Morgan fingerprint density at radius 1 is 0.470 bits per heavy atom. The Balaban J connectivity index is 1.000. The molecule has 2 aliphatic heterocycles. The minimum atomic E-state index is 0.676. The standard InChI is InChI=1S/C52H52N6O2S6/c1-3-5-7-9-11-13-27-59-33-19-21-35-43(31-33)65-51(53-35)57-49-45-46(48(55-49)42-26-24-40(64-42)38-18-16-30-62-38)50(56-47(45)41-25-23-39(63-41)37-17-15-29-61-37)58-52-54-36-22-20-34(32-44(36)66-52)60-28-14-12-10-8-6-4-2/h15-26,29-32H,3-14,27-28H2,1-2H3,(H,53,55,57)(H,54,56,58). The second-order valence-corrected chi connectivity index (χ2v) is 22.5. The molecule has 2 aromatic carbocycles. The molecule has 14 heteroatoms. The molecule has 0 aliphatic carbocycles. The monoisotopic (exact) mass is 984 g/mol. The summed E-state index contributed by atoms with van der Waals surface area (Å²) in [5, 5.41) is 13.3. The summed E-state index contributed by atoms with van der Waals surface area (Å²) in [4.78, 5) is 27.9. The number of thiazole rings is 2. The molecule has 2 aliphatic rings. The normalized spacial score (nSPS) is 14.9. The maximum absolute atomic E-state index is 6.21. The van der Waals surface area contributed by atoms with Crippen molar-refractivity contribution in [2.45, 2.75) is 90.9 Å². The van der Waals surface area contributed by atoms with Crippen molar-refractivity contribution in [3.05, 3.63) is 117 Å². The van der Waals surface area contributed by atoms with Crippen LogP contribution in [0.15, 0.2) is 117 Å². The number of benzene rings is 2. The number of ether oxygens (including phenoxy) is 2. The highest BCUT2D eigenvalue weighted by atomic mass is 32.1. The maximum Gasteiger partial charge on any atom is 0.212 e. The topological polar surface area (TPSA) is 93.0 Å². The van der Waals surface area contributed by atoms with Crippen molar-refractivity contribution in [1.82, 2.24) is 20.6 Å². The van der Waals surface area contributed by atoms with Gasteiger partial charge in [0.05, 0.1) is 65.9 Å². The van der Waals surface area contributed by atoms with Gasteiger partial charge in [-0.3, -0.25) is 0 Å². The highest BCUT2D eigenvalue weighted by molar-refractivity contribution is 7.23. The second kappa shape index (κ2) is 21.3. The molecule has 338 valence electrons. The maximum atomic E-state index is 6.21. The van der Waals surface area contributed by atoms with E-state index in [2.05, 4.69) is 95.9 Å².